The number of carboxylic acid groups (broad SMARTS) is 1. The van der Waals surface area contributed by atoms with Crippen molar-refractivity contribution in [3.63, 3.8) is 0 Å². The molecule has 0 amide bonds. The Kier molecular flexibility index (Phi) is 3.88. The van der Waals surface area contributed by atoms with Gasteiger partial charge in [0.2, 0.25) is 0 Å². The van der Waals surface area contributed by atoms with Crippen molar-refractivity contribution < 1.29 is 14.8 Å². The summed E-state index contributed by atoms with van der Waals surface area (Å²) in [5.74, 6) is -1.33. The SMILES string of the molecule is CCc1nn(C)cc1Nc1ccc(C(=O)O)c([N+](=O)[O-])c1. The summed E-state index contributed by atoms with van der Waals surface area (Å²) in [5, 5.41) is 27.2. The Morgan fingerprint density at radius 3 is 2.81 bits per heavy atom. The highest BCUT2D eigenvalue weighted by atomic mass is 16.6. The fourth-order valence-corrected chi connectivity index (χ4v) is 2.00. The first kappa shape index (κ1) is 14.5. The molecule has 21 heavy (non-hydrogen) atoms. The van der Waals surface area contributed by atoms with Crippen LogP contribution in [0.15, 0.2) is 24.4 Å². The van der Waals surface area contributed by atoms with Crippen LogP contribution in [-0.2, 0) is 13.5 Å². The van der Waals surface area contributed by atoms with Gasteiger partial charge in [0.1, 0.15) is 5.56 Å². The van der Waals surface area contributed by atoms with Crippen LogP contribution in [0, 0.1) is 10.1 Å². The Morgan fingerprint density at radius 2 is 2.24 bits per heavy atom. The number of aromatic carboxylic acids is 1. The van der Waals surface area contributed by atoms with E-state index < -0.39 is 16.6 Å². The molecule has 0 bridgehead atoms. The van der Waals surface area contributed by atoms with Crippen molar-refractivity contribution in [3.05, 3.63) is 45.8 Å². The Labute approximate surface area is 120 Å². The summed E-state index contributed by atoms with van der Waals surface area (Å²) in [6.07, 6.45) is 2.47. The van der Waals surface area contributed by atoms with Crippen molar-refractivity contribution in [2.45, 2.75) is 13.3 Å². The lowest BCUT2D eigenvalue weighted by atomic mass is 10.1. The van der Waals surface area contributed by atoms with Crippen LogP contribution in [-0.4, -0.2) is 25.8 Å². The first-order valence-corrected chi connectivity index (χ1v) is 6.23. The Bertz CT molecular complexity index is 708. The first-order valence-electron chi connectivity index (χ1n) is 6.23. The second kappa shape index (κ2) is 5.61. The molecule has 2 N–H and O–H groups in total. The smallest absolute Gasteiger partial charge is 0.342 e. The third kappa shape index (κ3) is 2.99. The summed E-state index contributed by atoms with van der Waals surface area (Å²) >= 11 is 0. The first-order chi connectivity index (χ1) is 9.92. The van der Waals surface area contributed by atoms with Gasteiger partial charge < -0.3 is 10.4 Å². The van der Waals surface area contributed by atoms with Crippen LogP contribution in [0.5, 0.6) is 0 Å². The number of aromatic nitrogens is 2. The minimum atomic E-state index is -1.33. The molecule has 0 aliphatic carbocycles. The van der Waals surface area contributed by atoms with Gasteiger partial charge in [0.05, 0.1) is 16.3 Å². The zero-order valence-corrected chi connectivity index (χ0v) is 11.5. The number of nitrogens with one attached hydrogen (secondary N) is 1. The minimum absolute atomic E-state index is 0.340. The summed E-state index contributed by atoms with van der Waals surface area (Å²) in [6, 6.07) is 3.91. The lowest BCUT2D eigenvalue weighted by Gasteiger charge is -2.06. The number of hydrogen-bond acceptors (Lipinski definition) is 5. The molecule has 8 nitrogen and oxygen atoms in total. The second-order valence-corrected chi connectivity index (χ2v) is 4.44. The van der Waals surface area contributed by atoms with E-state index >= 15 is 0 Å². The molecular formula is C13H14N4O4. The highest BCUT2D eigenvalue weighted by Gasteiger charge is 2.20. The van der Waals surface area contributed by atoms with Crippen molar-refractivity contribution in [1.82, 2.24) is 9.78 Å². The number of anilines is 2. The molecule has 1 heterocycles. The van der Waals surface area contributed by atoms with Crippen molar-refractivity contribution in [1.29, 1.82) is 0 Å². The van der Waals surface area contributed by atoms with Crippen LogP contribution < -0.4 is 5.32 Å². The molecular weight excluding hydrogens is 276 g/mol. The standard InChI is InChI=1S/C13H14N4O4/c1-3-10-11(7-16(2)15-10)14-8-4-5-9(13(18)19)12(6-8)17(20)21/h4-7,14H,3H2,1-2H3,(H,18,19). The summed E-state index contributed by atoms with van der Waals surface area (Å²) in [5.41, 5.74) is 1.20. The van der Waals surface area contributed by atoms with E-state index in [1.54, 1.807) is 17.9 Å². The van der Waals surface area contributed by atoms with Gasteiger partial charge in [-0.25, -0.2) is 4.79 Å². The van der Waals surface area contributed by atoms with E-state index in [4.69, 9.17) is 5.11 Å². The van der Waals surface area contributed by atoms with E-state index in [1.807, 2.05) is 6.92 Å². The summed E-state index contributed by atoms with van der Waals surface area (Å²) in [4.78, 5) is 21.2. The maximum absolute atomic E-state index is 11.0. The summed E-state index contributed by atoms with van der Waals surface area (Å²) in [7, 11) is 1.78. The third-order valence-electron chi connectivity index (χ3n) is 2.94. The molecule has 110 valence electrons. The van der Waals surface area contributed by atoms with Gasteiger partial charge in [0.15, 0.2) is 0 Å². The molecule has 0 aliphatic rings. The molecule has 0 saturated heterocycles. The molecule has 0 fully saturated rings. The van der Waals surface area contributed by atoms with E-state index in [1.165, 1.54) is 18.2 Å². The molecule has 2 aromatic rings. The van der Waals surface area contributed by atoms with Gasteiger partial charge >= 0.3 is 5.97 Å². The van der Waals surface area contributed by atoms with Gasteiger partial charge in [-0.2, -0.15) is 5.10 Å². The predicted octanol–water partition coefficient (Wildman–Crippen LogP) is 2.33. The van der Waals surface area contributed by atoms with Crippen molar-refractivity contribution in [3.8, 4) is 0 Å². The maximum atomic E-state index is 11.0. The van der Waals surface area contributed by atoms with Crippen LogP contribution >= 0.6 is 0 Å². The molecule has 0 radical (unpaired) electrons. The van der Waals surface area contributed by atoms with E-state index in [2.05, 4.69) is 10.4 Å². The monoisotopic (exact) mass is 290 g/mol. The molecule has 1 aromatic heterocycles. The molecule has 0 spiro atoms. The molecule has 8 heteroatoms. The number of rotatable bonds is 5. The van der Waals surface area contributed by atoms with Crippen LogP contribution in [0.3, 0.4) is 0 Å². The molecule has 0 saturated carbocycles. The Hall–Kier alpha value is -2.90. The average molecular weight is 290 g/mol. The van der Waals surface area contributed by atoms with Gasteiger partial charge in [-0.15, -0.1) is 0 Å². The van der Waals surface area contributed by atoms with E-state index in [-0.39, 0.29) is 5.56 Å². The molecule has 0 unspecified atom stereocenters. The molecule has 2 rings (SSSR count). The van der Waals surface area contributed by atoms with Gasteiger partial charge in [0, 0.05) is 25.0 Å². The molecule has 0 aliphatic heterocycles. The highest BCUT2D eigenvalue weighted by Crippen LogP contribution is 2.26. The lowest BCUT2D eigenvalue weighted by molar-refractivity contribution is -0.385. The number of nitro groups is 1. The van der Waals surface area contributed by atoms with Crippen LogP contribution in [0.4, 0.5) is 17.1 Å². The van der Waals surface area contributed by atoms with Crippen LogP contribution in [0.2, 0.25) is 0 Å². The lowest BCUT2D eigenvalue weighted by Crippen LogP contribution is -2.03. The normalized spacial score (nSPS) is 10.4. The second-order valence-electron chi connectivity index (χ2n) is 4.44. The Morgan fingerprint density at radius 1 is 1.52 bits per heavy atom. The average Bonchev–Trinajstić information content (AvgIpc) is 2.78. The van der Waals surface area contributed by atoms with Crippen molar-refractivity contribution in [2.24, 2.45) is 7.05 Å². The maximum Gasteiger partial charge on any atom is 0.342 e. The summed E-state index contributed by atoms with van der Waals surface area (Å²) in [6.45, 7) is 1.95. The number of nitrogens with zero attached hydrogens (tertiary/aromatic N) is 3. The fourth-order valence-electron chi connectivity index (χ4n) is 2.00. The van der Waals surface area contributed by atoms with Crippen molar-refractivity contribution in [2.75, 3.05) is 5.32 Å². The third-order valence-corrected chi connectivity index (χ3v) is 2.94. The highest BCUT2D eigenvalue weighted by molar-refractivity contribution is 5.93. The van der Waals surface area contributed by atoms with Gasteiger partial charge in [0.25, 0.3) is 5.69 Å². The minimum Gasteiger partial charge on any atom is -0.477 e. The van der Waals surface area contributed by atoms with E-state index in [0.717, 1.165) is 11.4 Å². The number of carboxylic acids is 1. The van der Waals surface area contributed by atoms with E-state index in [9.17, 15) is 14.9 Å². The number of carbonyl (C=O) groups is 1. The zero-order valence-electron chi connectivity index (χ0n) is 11.5. The fraction of sp³-hybridized carbons (Fsp3) is 0.231. The van der Waals surface area contributed by atoms with Gasteiger partial charge in [-0.1, -0.05) is 6.92 Å². The molecule has 0 atom stereocenters. The number of nitro benzene ring substituents is 1. The Balaban J connectivity index is 2.39. The number of benzene rings is 1. The zero-order chi connectivity index (χ0) is 15.6. The summed E-state index contributed by atoms with van der Waals surface area (Å²) < 4.78 is 1.64. The van der Waals surface area contributed by atoms with Crippen LogP contribution in [0.25, 0.3) is 0 Å². The predicted molar refractivity (Wildman–Crippen MR) is 75.9 cm³/mol. The van der Waals surface area contributed by atoms with E-state index in [0.29, 0.717) is 12.1 Å². The van der Waals surface area contributed by atoms with Gasteiger partial charge in [-0.3, -0.25) is 14.8 Å². The number of hydrogen-bond donors (Lipinski definition) is 2. The largest absolute Gasteiger partial charge is 0.477 e. The molecule has 1 aromatic carbocycles. The van der Waals surface area contributed by atoms with Crippen LogP contribution in [0.1, 0.15) is 23.0 Å². The van der Waals surface area contributed by atoms with Crippen molar-refractivity contribution >= 4 is 23.0 Å². The number of aryl methyl sites for hydroxylation is 2. The topological polar surface area (TPSA) is 110 Å². The quantitative estimate of drug-likeness (QED) is 0.646. The van der Waals surface area contributed by atoms with Gasteiger partial charge in [-0.05, 0) is 18.6 Å².